The lowest BCUT2D eigenvalue weighted by molar-refractivity contribution is -0.115. The number of amides is 2. The monoisotopic (exact) mass is 419 g/mol. The van der Waals surface area contributed by atoms with Gasteiger partial charge in [-0.25, -0.2) is 0 Å². The molecule has 0 spiro atoms. The van der Waals surface area contributed by atoms with Crippen molar-refractivity contribution >= 4 is 29.0 Å². The fourth-order valence-electron chi connectivity index (χ4n) is 4.60. The molecule has 0 saturated carbocycles. The van der Waals surface area contributed by atoms with Crippen molar-refractivity contribution in [2.45, 2.75) is 65.2 Å². The first-order valence-corrected chi connectivity index (χ1v) is 11.3. The van der Waals surface area contributed by atoms with E-state index in [-0.39, 0.29) is 22.0 Å². The molecule has 0 bridgehead atoms. The summed E-state index contributed by atoms with van der Waals surface area (Å²) < 4.78 is 0. The van der Waals surface area contributed by atoms with Crippen molar-refractivity contribution in [3.63, 3.8) is 0 Å². The van der Waals surface area contributed by atoms with Crippen molar-refractivity contribution in [3.8, 4) is 11.1 Å². The summed E-state index contributed by atoms with van der Waals surface area (Å²) in [5.41, 5.74) is 9.08. The molecule has 1 saturated heterocycles. The van der Waals surface area contributed by atoms with Gasteiger partial charge in [0.2, 0.25) is 0 Å². The van der Waals surface area contributed by atoms with Crippen LogP contribution >= 0.6 is 11.8 Å². The molecule has 1 fully saturated rings. The molecule has 2 aromatic carbocycles. The fourth-order valence-corrected chi connectivity index (χ4v) is 5.29. The van der Waals surface area contributed by atoms with Crippen LogP contribution in [-0.2, 0) is 15.6 Å². The number of benzene rings is 2. The van der Waals surface area contributed by atoms with Gasteiger partial charge < -0.3 is 0 Å². The average Bonchev–Trinajstić information content (AvgIpc) is 2.97. The maximum Gasteiger partial charge on any atom is 0.290 e. The van der Waals surface area contributed by atoms with E-state index in [1.54, 1.807) is 6.08 Å². The lowest BCUT2D eigenvalue weighted by Crippen LogP contribution is -2.34. The van der Waals surface area contributed by atoms with Crippen LogP contribution in [0.4, 0.5) is 4.79 Å². The molecule has 156 valence electrons. The summed E-state index contributed by atoms with van der Waals surface area (Å²) in [6.45, 7) is 13.7. The zero-order valence-corrected chi connectivity index (χ0v) is 19.4. The highest BCUT2D eigenvalue weighted by atomic mass is 32.2. The zero-order valence-electron chi connectivity index (χ0n) is 18.6. The Morgan fingerprint density at radius 3 is 2.07 bits per heavy atom. The van der Waals surface area contributed by atoms with E-state index in [4.69, 9.17) is 0 Å². The number of hydrogen-bond donors (Lipinski definition) is 1. The molecular weight excluding hydrogens is 390 g/mol. The highest BCUT2D eigenvalue weighted by molar-refractivity contribution is 8.18. The number of fused-ring (bicyclic) bond motifs is 1. The summed E-state index contributed by atoms with van der Waals surface area (Å²) in [5, 5.41) is 2.01. The van der Waals surface area contributed by atoms with E-state index in [0.717, 1.165) is 17.3 Å². The number of nitrogens with one attached hydrogen (secondary N) is 1. The maximum absolute atomic E-state index is 11.9. The smallest absolute Gasteiger partial charge is 0.282 e. The second-order valence-electron chi connectivity index (χ2n) is 9.91. The Balaban J connectivity index is 1.84. The summed E-state index contributed by atoms with van der Waals surface area (Å²) in [4.78, 5) is 23.9. The van der Waals surface area contributed by atoms with Crippen LogP contribution in [0.1, 0.15) is 68.4 Å². The van der Waals surface area contributed by atoms with Crippen molar-refractivity contribution in [2.75, 3.05) is 0 Å². The summed E-state index contributed by atoms with van der Waals surface area (Å²) >= 11 is 0.957. The first kappa shape index (κ1) is 20.9. The third-order valence-electron chi connectivity index (χ3n) is 6.69. The van der Waals surface area contributed by atoms with Crippen molar-refractivity contribution in [1.29, 1.82) is 0 Å². The van der Waals surface area contributed by atoms with Gasteiger partial charge in [-0.2, -0.15) is 0 Å². The Morgan fingerprint density at radius 2 is 1.47 bits per heavy atom. The second-order valence-corrected chi connectivity index (χ2v) is 10.9. The topological polar surface area (TPSA) is 46.2 Å². The van der Waals surface area contributed by atoms with E-state index < -0.39 is 0 Å². The van der Waals surface area contributed by atoms with E-state index >= 15 is 0 Å². The SMILES string of the molecule is Cc1ccc(/C=C2\SC(=O)NC2=O)cc1-c1cc2c(cc1C)C(C)(C)CCC2(C)C. The van der Waals surface area contributed by atoms with E-state index in [0.29, 0.717) is 4.91 Å². The van der Waals surface area contributed by atoms with Crippen LogP contribution in [-0.4, -0.2) is 11.1 Å². The van der Waals surface area contributed by atoms with Crippen LogP contribution in [0, 0.1) is 13.8 Å². The summed E-state index contributed by atoms with van der Waals surface area (Å²) in [5.74, 6) is -0.318. The molecule has 3 nitrogen and oxygen atoms in total. The minimum Gasteiger partial charge on any atom is -0.282 e. The zero-order chi connectivity index (χ0) is 21.8. The van der Waals surface area contributed by atoms with Gasteiger partial charge in [-0.3, -0.25) is 14.9 Å². The fraction of sp³-hybridized carbons (Fsp3) is 0.385. The van der Waals surface area contributed by atoms with Gasteiger partial charge in [-0.05, 0) is 100 Å². The third-order valence-corrected chi connectivity index (χ3v) is 7.50. The number of carbonyl (C=O) groups excluding carboxylic acids is 2. The van der Waals surface area contributed by atoms with Crippen LogP contribution < -0.4 is 5.32 Å². The van der Waals surface area contributed by atoms with Gasteiger partial charge in [0.25, 0.3) is 11.1 Å². The Labute approximate surface area is 183 Å². The Bertz CT molecular complexity index is 1110. The van der Waals surface area contributed by atoms with Crippen molar-refractivity contribution in [1.82, 2.24) is 5.32 Å². The van der Waals surface area contributed by atoms with Gasteiger partial charge in [-0.15, -0.1) is 0 Å². The van der Waals surface area contributed by atoms with Crippen LogP contribution in [0.2, 0.25) is 0 Å². The standard InChI is InChI=1S/C26H29NO2S/c1-15-7-8-17(13-22-23(28)27-24(29)30-22)12-18(15)19-14-21-20(11-16(19)2)25(3,4)9-10-26(21,5)6/h7-8,11-14H,9-10H2,1-6H3,(H,27,28,29)/b22-13-. The van der Waals surface area contributed by atoms with Gasteiger partial charge in [0.15, 0.2) is 0 Å². The number of aryl methyl sites for hydroxylation is 2. The predicted molar refractivity (Wildman–Crippen MR) is 126 cm³/mol. The summed E-state index contributed by atoms with van der Waals surface area (Å²) in [7, 11) is 0. The Hall–Kier alpha value is -2.33. The number of hydrogen-bond acceptors (Lipinski definition) is 3. The molecule has 0 atom stereocenters. The molecule has 0 unspecified atom stereocenters. The van der Waals surface area contributed by atoms with Crippen LogP contribution in [0.25, 0.3) is 17.2 Å². The van der Waals surface area contributed by atoms with Gasteiger partial charge >= 0.3 is 0 Å². The molecule has 4 heteroatoms. The molecular formula is C26H29NO2S. The minimum absolute atomic E-state index is 0.153. The summed E-state index contributed by atoms with van der Waals surface area (Å²) in [6, 6.07) is 11.0. The predicted octanol–water partition coefficient (Wildman–Crippen LogP) is 6.64. The lowest BCUT2D eigenvalue weighted by atomic mass is 9.62. The molecule has 1 aliphatic carbocycles. The van der Waals surface area contributed by atoms with Gasteiger partial charge in [-0.1, -0.05) is 52.0 Å². The molecule has 30 heavy (non-hydrogen) atoms. The van der Waals surface area contributed by atoms with E-state index in [2.05, 4.69) is 71.1 Å². The largest absolute Gasteiger partial charge is 0.290 e. The highest BCUT2D eigenvalue weighted by Gasteiger charge is 2.37. The first-order chi connectivity index (χ1) is 14.0. The van der Waals surface area contributed by atoms with Crippen molar-refractivity contribution < 1.29 is 9.59 Å². The number of rotatable bonds is 2. The number of thioether (sulfide) groups is 1. The van der Waals surface area contributed by atoms with Crippen LogP contribution in [0.5, 0.6) is 0 Å². The second kappa shape index (κ2) is 7.12. The maximum atomic E-state index is 11.9. The summed E-state index contributed by atoms with van der Waals surface area (Å²) in [6.07, 6.45) is 4.18. The normalized spacial score (nSPS) is 20.9. The molecule has 2 aromatic rings. The van der Waals surface area contributed by atoms with Crippen molar-refractivity contribution in [2.24, 2.45) is 0 Å². The molecule has 0 radical (unpaired) electrons. The van der Waals surface area contributed by atoms with Gasteiger partial charge in [0.1, 0.15) is 0 Å². The molecule has 1 aliphatic heterocycles. The van der Waals surface area contributed by atoms with Gasteiger partial charge in [0, 0.05) is 0 Å². The Kier molecular flexibility index (Phi) is 4.97. The molecule has 4 rings (SSSR count). The van der Waals surface area contributed by atoms with Crippen LogP contribution in [0.3, 0.4) is 0 Å². The Morgan fingerprint density at radius 1 is 0.867 bits per heavy atom. The van der Waals surface area contributed by atoms with Gasteiger partial charge in [0.05, 0.1) is 4.91 Å². The average molecular weight is 420 g/mol. The number of imide groups is 1. The highest BCUT2D eigenvalue weighted by Crippen LogP contribution is 2.48. The first-order valence-electron chi connectivity index (χ1n) is 10.5. The third kappa shape index (κ3) is 3.62. The van der Waals surface area contributed by atoms with Crippen LogP contribution in [0.15, 0.2) is 35.2 Å². The molecule has 1 heterocycles. The molecule has 0 aromatic heterocycles. The van der Waals surface area contributed by atoms with E-state index in [9.17, 15) is 9.59 Å². The van der Waals surface area contributed by atoms with Crippen molar-refractivity contribution in [3.05, 3.63) is 63.1 Å². The molecule has 2 aliphatic rings. The molecule has 1 N–H and O–H groups in total. The minimum atomic E-state index is -0.318. The van der Waals surface area contributed by atoms with E-state index in [1.807, 2.05) is 6.07 Å². The lowest BCUT2D eigenvalue weighted by Gasteiger charge is -2.42. The van der Waals surface area contributed by atoms with E-state index in [1.165, 1.54) is 46.2 Å². The quantitative estimate of drug-likeness (QED) is 0.555. The molecule has 2 amide bonds. The number of carbonyl (C=O) groups is 2.